The number of halogens is 1. The minimum atomic E-state index is -4.03. The minimum Gasteiger partial charge on any atom is -0.308 e. The van der Waals surface area contributed by atoms with Crippen molar-refractivity contribution in [2.45, 2.75) is 11.3 Å². The van der Waals surface area contributed by atoms with E-state index in [-0.39, 0.29) is 27.9 Å². The first-order valence-electron chi connectivity index (χ1n) is 9.81. The lowest BCUT2D eigenvalue weighted by Crippen LogP contribution is -2.32. The molecule has 0 radical (unpaired) electrons. The Balaban J connectivity index is 1.74. The fourth-order valence-electron chi connectivity index (χ4n) is 3.71. The van der Waals surface area contributed by atoms with Crippen molar-refractivity contribution in [3.63, 3.8) is 0 Å². The molecule has 7 heteroatoms. The highest BCUT2D eigenvalue weighted by Crippen LogP contribution is 2.32. The predicted molar refractivity (Wildman–Crippen MR) is 124 cm³/mol. The van der Waals surface area contributed by atoms with Crippen LogP contribution in [0, 0.1) is 0 Å². The molecule has 3 aromatic carbocycles. The maximum atomic E-state index is 13.5. The third-order valence-electron chi connectivity index (χ3n) is 5.22. The van der Waals surface area contributed by atoms with E-state index in [0.29, 0.717) is 12.2 Å². The zero-order valence-corrected chi connectivity index (χ0v) is 18.3. The van der Waals surface area contributed by atoms with Crippen molar-refractivity contribution in [2.75, 3.05) is 22.3 Å². The van der Waals surface area contributed by atoms with Gasteiger partial charge in [0.15, 0.2) is 0 Å². The Morgan fingerprint density at radius 3 is 2.52 bits per heavy atom. The van der Waals surface area contributed by atoms with Crippen molar-refractivity contribution >= 4 is 38.9 Å². The number of anilines is 2. The molecule has 1 amide bonds. The first kappa shape index (κ1) is 21.2. The molecule has 1 aliphatic heterocycles. The van der Waals surface area contributed by atoms with Gasteiger partial charge in [-0.25, -0.2) is 8.42 Å². The molecule has 5 nitrogen and oxygen atoms in total. The highest BCUT2D eigenvalue weighted by atomic mass is 35.5. The van der Waals surface area contributed by atoms with Crippen LogP contribution in [-0.4, -0.2) is 27.4 Å². The number of rotatable bonds is 6. The number of carbonyl (C=O) groups is 1. The van der Waals surface area contributed by atoms with E-state index < -0.39 is 10.0 Å². The summed E-state index contributed by atoms with van der Waals surface area (Å²) in [6, 6.07) is 20.8. The van der Waals surface area contributed by atoms with Crippen molar-refractivity contribution in [3.05, 3.63) is 102 Å². The number of para-hydroxylation sites is 2. The van der Waals surface area contributed by atoms with Gasteiger partial charge >= 0.3 is 0 Å². The Morgan fingerprint density at radius 2 is 1.77 bits per heavy atom. The smallest absolute Gasteiger partial charge is 0.266 e. The molecule has 0 aliphatic carbocycles. The number of carbonyl (C=O) groups excluding carboxylic acids is 1. The molecule has 0 spiro atoms. The molecule has 3 aromatic rings. The van der Waals surface area contributed by atoms with Crippen LogP contribution in [0.2, 0.25) is 5.02 Å². The number of amides is 1. The lowest BCUT2D eigenvalue weighted by Gasteiger charge is -2.24. The maximum Gasteiger partial charge on any atom is 0.266 e. The maximum absolute atomic E-state index is 13.5. The first-order valence-corrected chi connectivity index (χ1v) is 11.6. The summed E-state index contributed by atoms with van der Waals surface area (Å²) in [7, 11) is -4.03. The topological polar surface area (TPSA) is 57.7 Å². The van der Waals surface area contributed by atoms with Gasteiger partial charge in [-0.3, -0.25) is 9.10 Å². The lowest BCUT2D eigenvalue weighted by molar-refractivity contribution is 0.0989. The zero-order valence-electron chi connectivity index (χ0n) is 16.7. The summed E-state index contributed by atoms with van der Waals surface area (Å²) in [6.07, 6.45) is 2.27. The summed E-state index contributed by atoms with van der Waals surface area (Å²) >= 11 is 6.30. The number of sulfonamides is 1. The van der Waals surface area contributed by atoms with E-state index in [1.54, 1.807) is 35.2 Å². The highest BCUT2D eigenvalue weighted by molar-refractivity contribution is 7.93. The molecule has 0 aromatic heterocycles. The van der Waals surface area contributed by atoms with Crippen molar-refractivity contribution < 1.29 is 13.2 Å². The predicted octanol–water partition coefficient (Wildman–Crippen LogP) is 4.92. The molecular weight excluding hydrogens is 432 g/mol. The number of hydrogen-bond donors (Lipinski definition) is 0. The molecule has 4 rings (SSSR count). The summed E-state index contributed by atoms with van der Waals surface area (Å²) in [6.45, 7) is 4.30. The van der Waals surface area contributed by atoms with Crippen molar-refractivity contribution in [2.24, 2.45) is 0 Å². The molecular formula is C24H21ClN2O3S. The fraction of sp³-hybridized carbons (Fsp3) is 0.125. The molecule has 31 heavy (non-hydrogen) atoms. The van der Waals surface area contributed by atoms with E-state index in [9.17, 15) is 13.2 Å². The average Bonchev–Trinajstić information content (AvgIpc) is 3.22. The van der Waals surface area contributed by atoms with Crippen LogP contribution in [0.15, 0.2) is 90.3 Å². The Kier molecular flexibility index (Phi) is 5.85. The van der Waals surface area contributed by atoms with Gasteiger partial charge < -0.3 is 4.90 Å². The van der Waals surface area contributed by atoms with Gasteiger partial charge in [-0.1, -0.05) is 54.1 Å². The molecule has 0 saturated carbocycles. The third-order valence-corrected chi connectivity index (χ3v) is 7.49. The summed E-state index contributed by atoms with van der Waals surface area (Å²) in [5.41, 5.74) is 2.71. The second-order valence-electron chi connectivity index (χ2n) is 7.14. The third kappa shape index (κ3) is 3.96. The van der Waals surface area contributed by atoms with Gasteiger partial charge in [0.05, 0.1) is 17.3 Å². The Bertz CT molecular complexity index is 1240. The van der Waals surface area contributed by atoms with Gasteiger partial charge in [0.2, 0.25) is 0 Å². The van der Waals surface area contributed by atoms with E-state index in [4.69, 9.17) is 11.6 Å². The van der Waals surface area contributed by atoms with E-state index in [0.717, 1.165) is 17.7 Å². The second-order valence-corrected chi connectivity index (χ2v) is 9.38. The van der Waals surface area contributed by atoms with E-state index in [2.05, 4.69) is 6.58 Å². The standard InChI is InChI=1S/C24H21ClN2O3S/c1-2-15-27(20-9-4-3-5-10-20)31(29,30)23-17-19(12-13-21(23)25)24(28)26-16-14-18-8-6-7-11-22(18)26/h2-13,17H,1,14-16H2. The molecule has 0 saturated heterocycles. The molecule has 0 N–H and O–H groups in total. The highest BCUT2D eigenvalue weighted by Gasteiger charge is 2.30. The quantitative estimate of drug-likeness (QED) is 0.498. The van der Waals surface area contributed by atoms with E-state index in [1.807, 2.05) is 30.3 Å². The molecule has 1 heterocycles. The number of fused-ring (bicyclic) bond motifs is 1. The summed E-state index contributed by atoms with van der Waals surface area (Å²) in [4.78, 5) is 14.8. The van der Waals surface area contributed by atoms with Crippen molar-refractivity contribution in [1.29, 1.82) is 0 Å². The molecule has 0 atom stereocenters. The van der Waals surface area contributed by atoms with Gasteiger partial charge in [0.25, 0.3) is 15.9 Å². The SMILES string of the molecule is C=CCN(c1ccccc1)S(=O)(=O)c1cc(C(=O)N2CCc3ccccc32)ccc1Cl. The minimum absolute atomic E-state index is 0.0587. The largest absolute Gasteiger partial charge is 0.308 e. The monoisotopic (exact) mass is 452 g/mol. The number of hydrogen-bond acceptors (Lipinski definition) is 3. The summed E-state index contributed by atoms with van der Waals surface area (Å²) < 4.78 is 28.2. The normalized spacial score (nSPS) is 13.0. The Hall–Kier alpha value is -3.09. The Labute approximate surface area is 187 Å². The van der Waals surface area contributed by atoms with Crippen LogP contribution in [0.25, 0.3) is 0 Å². The zero-order chi connectivity index (χ0) is 22.0. The van der Waals surface area contributed by atoms with Crippen LogP contribution >= 0.6 is 11.6 Å². The average molecular weight is 453 g/mol. The van der Waals surface area contributed by atoms with Gasteiger partial charge in [-0.2, -0.15) is 0 Å². The van der Waals surface area contributed by atoms with Crippen LogP contribution in [0.3, 0.4) is 0 Å². The second kappa shape index (κ2) is 8.57. The van der Waals surface area contributed by atoms with E-state index >= 15 is 0 Å². The van der Waals surface area contributed by atoms with Crippen LogP contribution in [0.5, 0.6) is 0 Å². The molecule has 158 valence electrons. The van der Waals surface area contributed by atoms with Crippen LogP contribution in [0.4, 0.5) is 11.4 Å². The van der Waals surface area contributed by atoms with Gasteiger partial charge in [-0.05, 0) is 48.4 Å². The van der Waals surface area contributed by atoms with Crippen molar-refractivity contribution in [1.82, 2.24) is 0 Å². The summed E-state index contributed by atoms with van der Waals surface area (Å²) in [5, 5.41) is 0.0587. The molecule has 1 aliphatic rings. The van der Waals surface area contributed by atoms with Gasteiger partial charge in [-0.15, -0.1) is 6.58 Å². The molecule has 0 unspecified atom stereocenters. The molecule has 0 bridgehead atoms. The fourth-order valence-corrected chi connectivity index (χ4v) is 5.65. The summed E-state index contributed by atoms with van der Waals surface area (Å²) in [5.74, 6) is -0.256. The molecule has 0 fully saturated rings. The van der Waals surface area contributed by atoms with Crippen LogP contribution in [-0.2, 0) is 16.4 Å². The van der Waals surface area contributed by atoms with E-state index in [1.165, 1.54) is 22.5 Å². The van der Waals surface area contributed by atoms with Crippen LogP contribution < -0.4 is 9.21 Å². The van der Waals surface area contributed by atoms with Crippen LogP contribution in [0.1, 0.15) is 15.9 Å². The van der Waals surface area contributed by atoms with Gasteiger partial charge in [0, 0.05) is 17.8 Å². The first-order chi connectivity index (χ1) is 14.9. The van der Waals surface area contributed by atoms with Crippen molar-refractivity contribution in [3.8, 4) is 0 Å². The lowest BCUT2D eigenvalue weighted by atomic mass is 10.1. The number of benzene rings is 3. The van der Waals surface area contributed by atoms with Gasteiger partial charge in [0.1, 0.15) is 4.90 Å². The number of nitrogens with zero attached hydrogens (tertiary/aromatic N) is 2. The Morgan fingerprint density at radius 1 is 1.06 bits per heavy atom.